The highest BCUT2D eigenvalue weighted by Gasteiger charge is 2.59. The molecule has 35 heavy (non-hydrogen) atoms. The van der Waals surface area contributed by atoms with Crippen molar-refractivity contribution in [3.63, 3.8) is 0 Å². The number of hydrogen-bond donors (Lipinski definition) is 2. The fourth-order valence-electron chi connectivity index (χ4n) is 7.32. The number of carboxylic acids is 1. The number of ether oxygens (including phenoxy) is 2. The van der Waals surface area contributed by atoms with E-state index in [2.05, 4.69) is 10.4 Å². The molecule has 1 heterocycles. The first-order valence-corrected chi connectivity index (χ1v) is 12.8. The Labute approximate surface area is 209 Å². The number of rotatable bonds is 9. The van der Waals surface area contributed by atoms with Crippen LogP contribution in [0.2, 0.25) is 5.02 Å². The molecule has 188 valence electrons. The minimum Gasteiger partial charge on any atom is -0.494 e. The molecule has 4 saturated carbocycles. The summed E-state index contributed by atoms with van der Waals surface area (Å²) in [5.41, 5.74) is -0.0409. The van der Waals surface area contributed by atoms with Crippen molar-refractivity contribution in [1.29, 1.82) is 0 Å². The molecule has 9 heteroatoms. The lowest BCUT2D eigenvalue weighted by Gasteiger charge is -2.61. The number of benzene rings is 1. The van der Waals surface area contributed by atoms with Crippen molar-refractivity contribution in [2.24, 2.45) is 17.3 Å². The zero-order valence-corrected chi connectivity index (χ0v) is 20.9. The Hall–Kier alpha value is -2.74. The van der Waals surface area contributed by atoms with Gasteiger partial charge in [0.15, 0.2) is 0 Å². The van der Waals surface area contributed by atoms with Gasteiger partial charge in [-0.05, 0) is 81.8 Å². The van der Waals surface area contributed by atoms with Crippen molar-refractivity contribution >= 4 is 28.9 Å². The van der Waals surface area contributed by atoms with Gasteiger partial charge < -0.3 is 19.9 Å². The second-order valence-corrected chi connectivity index (χ2v) is 10.9. The molecule has 4 aliphatic rings. The number of carboxylic acid groups (broad SMARTS) is 1. The zero-order chi connectivity index (χ0) is 24.8. The summed E-state index contributed by atoms with van der Waals surface area (Å²) in [6.45, 7) is 4.83. The number of aliphatic carboxylic acids is 1. The van der Waals surface area contributed by atoms with Crippen molar-refractivity contribution < 1.29 is 19.4 Å². The van der Waals surface area contributed by atoms with Crippen LogP contribution < -0.4 is 20.3 Å². The van der Waals surface area contributed by atoms with E-state index in [1.54, 1.807) is 10.9 Å². The molecule has 0 saturated heterocycles. The first-order chi connectivity index (χ1) is 16.8. The number of hydrogen-bond acceptors (Lipinski definition) is 6. The maximum Gasteiger partial charge on any atom is 0.303 e. The van der Waals surface area contributed by atoms with Gasteiger partial charge >= 0.3 is 5.97 Å². The minimum atomic E-state index is -0.764. The summed E-state index contributed by atoms with van der Waals surface area (Å²) in [6, 6.07) is 5.46. The van der Waals surface area contributed by atoms with E-state index in [4.69, 9.17) is 21.1 Å². The van der Waals surface area contributed by atoms with Crippen LogP contribution in [0.3, 0.4) is 0 Å². The smallest absolute Gasteiger partial charge is 0.303 e. The van der Waals surface area contributed by atoms with Crippen molar-refractivity contribution in [3.05, 3.63) is 39.8 Å². The van der Waals surface area contributed by atoms with Crippen LogP contribution in [0.1, 0.15) is 58.8 Å². The average Bonchev–Trinajstić information content (AvgIpc) is 2.77. The normalized spacial score (nSPS) is 28.7. The Morgan fingerprint density at radius 2 is 1.89 bits per heavy atom. The van der Waals surface area contributed by atoms with E-state index in [0.29, 0.717) is 54.3 Å². The van der Waals surface area contributed by atoms with E-state index in [1.807, 2.05) is 32.0 Å². The summed E-state index contributed by atoms with van der Waals surface area (Å²) in [5, 5.41) is 17.5. The molecule has 4 fully saturated rings. The standard InChI is InChI=1S/C26H32ClN3O5/c1-3-34-18-5-6-21(35-4-2)19(8-18)29-20-14-28-30(24(33)23(20)27)26-11-16-7-17(12-26)10-25(9-16,15-26)13-22(31)32/h5-6,8,14,16-17,29H,3-4,7,9-13,15H2,1-2H3,(H,31,32)/t16-,17-,25?,26?/m1/s1. The van der Waals surface area contributed by atoms with Gasteiger partial charge in [-0.1, -0.05) is 11.6 Å². The molecule has 0 spiro atoms. The van der Waals surface area contributed by atoms with Gasteiger partial charge in [0.2, 0.25) is 0 Å². The molecular weight excluding hydrogens is 470 g/mol. The lowest BCUT2D eigenvalue weighted by molar-refractivity contribution is -0.151. The molecule has 4 bridgehead atoms. The molecule has 0 amide bonds. The molecule has 1 aromatic heterocycles. The molecule has 0 aliphatic heterocycles. The number of anilines is 2. The topological polar surface area (TPSA) is 103 Å². The maximum atomic E-state index is 13.6. The van der Waals surface area contributed by atoms with Crippen molar-refractivity contribution in [1.82, 2.24) is 9.78 Å². The maximum absolute atomic E-state index is 13.6. The van der Waals surface area contributed by atoms with E-state index in [-0.39, 0.29) is 22.4 Å². The van der Waals surface area contributed by atoms with E-state index >= 15 is 0 Å². The van der Waals surface area contributed by atoms with Crippen LogP contribution in [-0.2, 0) is 10.3 Å². The Kier molecular flexibility index (Phi) is 6.20. The lowest BCUT2D eigenvalue weighted by atomic mass is 9.46. The first-order valence-electron chi connectivity index (χ1n) is 12.4. The van der Waals surface area contributed by atoms with Crippen LogP contribution >= 0.6 is 11.6 Å². The second kappa shape index (κ2) is 9.04. The Balaban J connectivity index is 1.48. The monoisotopic (exact) mass is 501 g/mol. The second-order valence-electron chi connectivity index (χ2n) is 10.5. The molecule has 4 aliphatic carbocycles. The molecule has 8 nitrogen and oxygen atoms in total. The van der Waals surface area contributed by atoms with E-state index in [9.17, 15) is 14.7 Å². The van der Waals surface area contributed by atoms with Crippen LogP contribution in [0.15, 0.2) is 29.2 Å². The molecule has 2 N–H and O–H groups in total. The minimum absolute atomic E-state index is 0.0623. The van der Waals surface area contributed by atoms with Crippen LogP contribution in [0, 0.1) is 17.3 Å². The molecule has 1 aromatic carbocycles. The Morgan fingerprint density at radius 1 is 1.17 bits per heavy atom. The van der Waals surface area contributed by atoms with Crippen LogP contribution in [0.25, 0.3) is 0 Å². The summed E-state index contributed by atoms with van der Waals surface area (Å²) in [4.78, 5) is 25.2. The van der Waals surface area contributed by atoms with Gasteiger partial charge in [0.25, 0.3) is 5.56 Å². The SMILES string of the molecule is CCOc1ccc(OCC)c(Nc2cnn(C34C[C@@H]5C[C@H](CC(CC(=O)O)(C5)C3)C4)c(=O)c2Cl)c1. The van der Waals surface area contributed by atoms with E-state index in [0.717, 1.165) is 32.1 Å². The van der Waals surface area contributed by atoms with Gasteiger partial charge in [-0.15, -0.1) is 0 Å². The molecular formula is C26H32ClN3O5. The average molecular weight is 502 g/mol. The molecule has 2 aromatic rings. The summed E-state index contributed by atoms with van der Waals surface area (Å²) in [5.74, 6) is 1.38. The van der Waals surface area contributed by atoms with Crippen LogP contribution in [0.5, 0.6) is 11.5 Å². The highest BCUT2D eigenvalue weighted by Crippen LogP contribution is 2.65. The van der Waals surface area contributed by atoms with Crippen LogP contribution in [-0.4, -0.2) is 34.1 Å². The Bertz CT molecular complexity index is 1180. The third kappa shape index (κ3) is 4.37. The first kappa shape index (κ1) is 24.0. The molecule has 0 unspecified atom stereocenters. The highest BCUT2D eigenvalue weighted by atomic mass is 35.5. The Morgan fingerprint density at radius 3 is 2.54 bits per heavy atom. The molecule has 6 rings (SSSR count). The largest absolute Gasteiger partial charge is 0.494 e. The fourth-order valence-corrected chi connectivity index (χ4v) is 7.50. The van der Waals surface area contributed by atoms with Crippen LogP contribution in [0.4, 0.5) is 11.4 Å². The predicted molar refractivity (Wildman–Crippen MR) is 133 cm³/mol. The van der Waals surface area contributed by atoms with Crippen molar-refractivity contribution in [3.8, 4) is 11.5 Å². The predicted octanol–water partition coefficient (Wildman–Crippen LogP) is 5.21. The lowest BCUT2D eigenvalue weighted by Crippen LogP contribution is -2.59. The molecule has 0 radical (unpaired) electrons. The van der Waals surface area contributed by atoms with Gasteiger partial charge in [0.05, 0.1) is 42.7 Å². The summed E-state index contributed by atoms with van der Waals surface area (Å²) in [7, 11) is 0. The number of halogens is 1. The fraction of sp³-hybridized carbons (Fsp3) is 0.577. The van der Waals surface area contributed by atoms with E-state index in [1.165, 1.54) is 0 Å². The summed E-state index contributed by atoms with van der Waals surface area (Å²) in [6.07, 6.45) is 7.08. The highest BCUT2D eigenvalue weighted by molar-refractivity contribution is 6.33. The van der Waals surface area contributed by atoms with Crippen molar-refractivity contribution in [2.75, 3.05) is 18.5 Å². The van der Waals surface area contributed by atoms with E-state index < -0.39 is 11.5 Å². The number of nitrogens with zero attached hydrogens (tertiary/aromatic N) is 2. The van der Waals surface area contributed by atoms with Crippen molar-refractivity contribution in [2.45, 2.75) is 64.3 Å². The van der Waals surface area contributed by atoms with Gasteiger partial charge in [-0.25, -0.2) is 4.68 Å². The van der Waals surface area contributed by atoms with Gasteiger partial charge in [0.1, 0.15) is 16.5 Å². The summed E-state index contributed by atoms with van der Waals surface area (Å²) < 4.78 is 12.9. The number of aromatic nitrogens is 2. The van der Waals surface area contributed by atoms with Gasteiger partial charge in [-0.3, -0.25) is 9.59 Å². The van der Waals surface area contributed by atoms with Gasteiger partial charge in [0, 0.05) is 6.07 Å². The number of carbonyl (C=O) groups is 1. The quantitative estimate of drug-likeness (QED) is 0.486. The molecule has 2 atom stereocenters. The number of nitrogens with one attached hydrogen (secondary N) is 1. The van der Waals surface area contributed by atoms with Gasteiger partial charge in [-0.2, -0.15) is 5.10 Å². The zero-order valence-electron chi connectivity index (χ0n) is 20.2. The summed E-state index contributed by atoms with van der Waals surface area (Å²) >= 11 is 6.64. The third-order valence-electron chi connectivity index (χ3n) is 7.88. The third-order valence-corrected chi connectivity index (χ3v) is 8.24.